The van der Waals surface area contributed by atoms with E-state index in [0.717, 1.165) is 30.6 Å². The number of fused-ring (bicyclic) bond motifs is 1. The summed E-state index contributed by atoms with van der Waals surface area (Å²) < 4.78 is 7.33. The third-order valence-corrected chi connectivity index (χ3v) is 5.40. The second-order valence-corrected chi connectivity index (χ2v) is 8.86. The fourth-order valence-electron chi connectivity index (χ4n) is 3.77. The Kier molecular flexibility index (Phi) is 5.70. The second kappa shape index (κ2) is 8.42. The Labute approximate surface area is 176 Å². The van der Waals surface area contributed by atoms with E-state index in [1.807, 2.05) is 43.7 Å². The summed E-state index contributed by atoms with van der Waals surface area (Å²) in [7, 11) is 0. The van der Waals surface area contributed by atoms with E-state index in [1.165, 1.54) is 11.3 Å². The Morgan fingerprint density at radius 3 is 2.73 bits per heavy atom. The lowest BCUT2D eigenvalue weighted by atomic mass is 9.96. The summed E-state index contributed by atoms with van der Waals surface area (Å²) in [6.07, 6.45) is 4.91. The van der Waals surface area contributed by atoms with Crippen LogP contribution < -0.4 is 5.32 Å². The lowest BCUT2D eigenvalue weighted by molar-refractivity contribution is -0.121. The minimum atomic E-state index is -0.136. The number of aryl methyl sites for hydroxylation is 1. The molecule has 158 valence electrons. The van der Waals surface area contributed by atoms with E-state index in [0.29, 0.717) is 37.5 Å². The van der Waals surface area contributed by atoms with Crippen molar-refractivity contribution in [2.75, 3.05) is 0 Å². The van der Waals surface area contributed by atoms with E-state index in [4.69, 9.17) is 9.62 Å². The molecule has 1 amide bonds. The lowest BCUT2D eigenvalue weighted by Crippen LogP contribution is -2.23. The van der Waals surface area contributed by atoms with E-state index in [-0.39, 0.29) is 11.3 Å². The minimum Gasteiger partial charge on any atom is -0.350 e. The van der Waals surface area contributed by atoms with Crippen LogP contribution in [0.4, 0.5) is 0 Å². The Morgan fingerprint density at radius 2 is 2.00 bits per heavy atom. The number of carbonyl (C=O) groups is 1. The number of carbonyl (C=O) groups excluding carboxylic acids is 1. The first-order chi connectivity index (χ1) is 14.4. The van der Waals surface area contributed by atoms with E-state index in [2.05, 4.69) is 27.6 Å². The molecule has 0 saturated heterocycles. The first-order valence-electron chi connectivity index (χ1n) is 10.7. The zero-order valence-corrected chi connectivity index (χ0v) is 17.9. The molecule has 7 heteroatoms. The van der Waals surface area contributed by atoms with Crippen molar-refractivity contribution in [1.82, 2.24) is 25.2 Å². The number of amides is 1. The van der Waals surface area contributed by atoms with Gasteiger partial charge in [-0.25, -0.2) is 4.68 Å². The summed E-state index contributed by atoms with van der Waals surface area (Å²) in [4.78, 5) is 16.8. The van der Waals surface area contributed by atoms with Crippen LogP contribution in [0.25, 0.3) is 5.69 Å². The molecule has 1 aliphatic carbocycles. The molecule has 0 aliphatic heterocycles. The molecule has 0 bridgehead atoms. The number of nitrogens with one attached hydrogen (secondary N) is 1. The zero-order valence-electron chi connectivity index (χ0n) is 17.9. The number of nitrogens with zero attached hydrogens (tertiary/aromatic N) is 4. The van der Waals surface area contributed by atoms with Gasteiger partial charge in [-0.3, -0.25) is 4.79 Å². The van der Waals surface area contributed by atoms with E-state index >= 15 is 0 Å². The maximum atomic E-state index is 12.3. The number of aromatic nitrogens is 4. The normalized spacial score (nSPS) is 13.4. The summed E-state index contributed by atoms with van der Waals surface area (Å²) in [6.45, 7) is 6.61. The molecule has 30 heavy (non-hydrogen) atoms. The standard InChI is InChI=1S/C23H29N5O2/c1-23(2,3)22-25-21(30-27-22)14-8-13-20(29)24-15-18-17-11-7-12-19(17)28(26-18)16-9-5-4-6-10-16/h4-6,9-10H,7-8,11-15H2,1-3H3,(H,24,29). The van der Waals surface area contributed by atoms with Crippen LogP contribution >= 0.6 is 0 Å². The smallest absolute Gasteiger partial charge is 0.226 e. The fraction of sp³-hybridized carbons (Fsp3) is 0.478. The van der Waals surface area contributed by atoms with Gasteiger partial charge in [-0.05, 0) is 43.4 Å². The van der Waals surface area contributed by atoms with Crippen molar-refractivity contribution in [2.24, 2.45) is 0 Å². The summed E-state index contributed by atoms with van der Waals surface area (Å²) >= 11 is 0. The Bertz CT molecular complexity index is 1010. The minimum absolute atomic E-state index is 0.0200. The van der Waals surface area contributed by atoms with Crippen molar-refractivity contribution in [3.8, 4) is 5.69 Å². The van der Waals surface area contributed by atoms with Gasteiger partial charge in [-0.2, -0.15) is 10.1 Å². The van der Waals surface area contributed by atoms with Gasteiger partial charge in [0.15, 0.2) is 5.82 Å². The van der Waals surface area contributed by atoms with Gasteiger partial charge >= 0.3 is 0 Å². The highest BCUT2D eigenvalue weighted by atomic mass is 16.5. The highest BCUT2D eigenvalue weighted by Gasteiger charge is 2.23. The van der Waals surface area contributed by atoms with Crippen molar-refractivity contribution in [2.45, 2.75) is 71.3 Å². The van der Waals surface area contributed by atoms with Crippen molar-refractivity contribution >= 4 is 5.91 Å². The van der Waals surface area contributed by atoms with Gasteiger partial charge < -0.3 is 9.84 Å². The SMILES string of the molecule is CC(C)(C)c1noc(CCCC(=O)NCc2nn(-c3ccccc3)c3c2CCC3)n1. The molecule has 0 spiro atoms. The van der Waals surface area contributed by atoms with Crippen LogP contribution in [0, 0.1) is 0 Å². The topological polar surface area (TPSA) is 85.8 Å². The molecule has 0 saturated carbocycles. The van der Waals surface area contributed by atoms with Crippen molar-refractivity contribution in [3.05, 3.63) is 59.0 Å². The summed E-state index contributed by atoms with van der Waals surface area (Å²) in [5.41, 5.74) is 4.48. The summed E-state index contributed by atoms with van der Waals surface area (Å²) in [5, 5.41) is 11.8. The molecule has 2 aromatic heterocycles. The number of rotatable bonds is 7. The van der Waals surface area contributed by atoms with Crippen LogP contribution in [-0.4, -0.2) is 25.8 Å². The predicted molar refractivity (Wildman–Crippen MR) is 113 cm³/mol. The molecule has 7 nitrogen and oxygen atoms in total. The molecule has 0 unspecified atom stereocenters. The maximum Gasteiger partial charge on any atom is 0.226 e. The zero-order chi connectivity index (χ0) is 21.1. The molecule has 2 heterocycles. The first-order valence-corrected chi connectivity index (χ1v) is 10.7. The third-order valence-electron chi connectivity index (χ3n) is 5.40. The average Bonchev–Trinajstić information content (AvgIpc) is 3.44. The van der Waals surface area contributed by atoms with Gasteiger partial charge in [-0.15, -0.1) is 0 Å². The molecule has 1 aliphatic rings. The van der Waals surface area contributed by atoms with Crippen LogP contribution in [0.3, 0.4) is 0 Å². The highest BCUT2D eigenvalue weighted by Crippen LogP contribution is 2.27. The van der Waals surface area contributed by atoms with Crippen LogP contribution in [0.15, 0.2) is 34.9 Å². The van der Waals surface area contributed by atoms with Crippen LogP contribution in [0.5, 0.6) is 0 Å². The maximum absolute atomic E-state index is 12.3. The fourth-order valence-corrected chi connectivity index (χ4v) is 3.77. The molecular formula is C23H29N5O2. The lowest BCUT2D eigenvalue weighted by Gasteiger charge is -2.10. The van der Waals surface area contributed by atoms with Crippen LogP contribution in [-0.2, 0) is 36.0 Å². The van der Waals surface area contributed by atoms with Crippen molar-refractivity contribution < 1.29 is 9.32 Å². The summed E-state index contributed by atoms with van der Waals surface area (Å²) in [5.74, 6) is 1.31. The van der Waals surface area contributed by atoms with Crippen molar-refractivity contribution in [1.29, 1.82) is 0 Å². The summed E-state index contributed by atoms with van der Waals surface area (Å²) in [6, 6.07) is 10.2. The highest BCUT2D eigenvalue weighted by molar-refractivity contribution is 5.75. The third kappa shape index (κ3) is 4.45. The molecule has 1 aromatic carbocycles. The van der Waals surface area contributed by atoms with Crippen molar-refractivity contribution in [3.63, 3.8) is 0 Å². The molecule has 1 N–H and O–H groups in total. The van der Waals surface area contributed by atoms with Gasteiger partial charge in [0.1, 0.15) is 0 Å². The molecule has 0 atom stereocenters. The first kappa shape index (κ1) is 20.3. The van der Waals surface area contributed by atoms with E-state index < -0.39 is 0 Å². The second-order valence-electron chi connectivity index (χ2n) is 8.86. The Balaban J connectivity index is 1.31. The molecule has 3 aromatic rings. The van der Waals surface area contributed by atoms with Gasteiger partial charge in [0.05, 0.1) is 17.9 Å². The molecular weight excluding hydrogens is 378 g/mol. The van der Waals surface area contributed by atoms with Crippen LogP contribution in [0.1, 0.15) is 68.7 Å². The van der Waals surface area contributed by atoms with Gasteiger partial charge in [0.25, 0.3) is 0 Å². The predicted octanol–water partition coefficient (Wildman–Crippen LogP) is 3.68. The average molecular weight is 408 g/mol. The number of hydrogen-bond donors (Lipinski definition) is 1. The van der Waals surface area contributed by atoms with E-state index in [1.54, 1.807) is 0 Å². The Hall–Kier alpha value is -2.96. The Morgan fingerprint density at radius 1 is 1.20 bits per heavy atom. The van der Waals surface area contributed by atoms with Crippen LogP contribution in [0.2, 0.25) is 0 Å². The monoisotopic (exact) mass is 407 g/mol. The van der Waals surface area contributed by atoms with Gasteiger partial charge in [-0.1, -0.05) is 44.1 Å². The van der Waals surface area contributed by atoms with Gasteiger partial charge in [0, 0.05) is 24.0 Å². The molecule has 0 radical (unpaired) electrons. The molecule has 4 rings (SSSR count). The number of hydrogen-bond acceptors (Lipinski definition) is 5. The number of benzene rings is 1. The quantitative estimate of drug-likeness (QED) is 0.646. The van der Waals surface area contributed by atoms with E-state index in [9.17, 15) is 4.79 Å². The largest absolute Gasteiger partial charge is 0.350 e. The number of para-hydroxylation sites is 1. The van der Waals surface area contributed by atoms with Gasteiger partial charge in [0.2, 0.25) is 11.8 Å². The molecule has 0 fully saturated rings.